The van der Waals surface area contributed by atoms with Gasteiger partial charge in [0.05, 0.1) is 20.1 Å². The highest BCUT2D eigenvalue weighted by molar-refractivity contribution is 5.96. The summed E-state index contributed by atoms with van der Waals surface area (Å²) in [5.74, 6) is 0.00756. The molecule has 1 aromatic carbocycles. The van der Waals surface area contributed by atoms with E-state index in [1.807, 2.05) is 19.1 Å². The van der Waals surface area contributed by atoms with Gasteiger partial charge in [-0.2, -0.15) is 0 Å². The van der Waals surface area contributed by atoms with E-state index in [1.54, 1.807) is 29.3 Å². The number of pyridine rings is 1. The fraction of sp³-hybridized carbons (Fsp3) is 0.391. The average molecular weight is 441 g/mol. The van der Waals surface area contributed by atoms with E-state index in [1.165, 1.54) is 14.2 Å². The van der Waals surface area contributed by atoms with Crippen LogP contribution in [0.25, 0.3) is 0 Å². The third kappa shape index (κ3) is 5.54. The molecule has 1 saturated heterocycles. The molecule has 3 rings (SSSR count). The first-order chi connectivity index (χ1) is 15.4. The first kappa shape index (κ1) is 23.1. The van der Waals surface area contributed by atoms with Gasteiger partial charge < -0.3 is 24.4 Å². The Morgan fingerprint density at radius 2 is 2.00 bits per heavy atom. The number of nitrogens with one attached hydrogen (secondary N) is 1. The second-order valence-corrected chi connectivity index (χ2v) is 7.48. The van der Waals surface area contributed by atoms with Gasteiger partial charge in [0, 0.05) is 24.8 Å². The van der Waals surface area contributed by atoms with Crippen molar-refractivity contribution in [1.82, 2.24) is 9.88 Å². The molecule has 1 aliphatic heterocycles. The molecule has 0 bridgehead atoms. The van der Waals surface area contributed by atoms with Crippen molar-refractivity contribution in [3.8, 4) is 11.5 Å². The molecule has 0 saturated carbocycles. The van der Waals surface area contributed by atoms with Crippen molar-refractivity contribution >= 4 is 23.6 Å². The number of hydrogen-bond acceptors (Lipinski definition) is 7. The number of anilines is 1. The molecule has 170 valence electrons. The number of aryl methyl sites for hydroxylation is 1. The molecule has 32 heavy (non-hydrogen) atoms. The Morgan fingerprint density at radius 1 is 1.19 bits per heavy atom. The lowest BCUT2D eigenvalue weighted by atomic mass is 9.96. The number of carbonyl (C=O) groups excluding carboxylic acids is 3. The van der Waals surface area contributed by atoms with Crippen LogP contribution in [0.1, 0.15) is 28.8 Å². The van der Waals surface area contributed by atoms with E-state index >= 15 is 0 Å². The Bertz CT molecular complexity index is 993. The maximum Gasteiger partial charge on any atom is 0.343 e. The monoisotopic (exact) mass is 441 g/mol. The summed E-state index contributed by atoms with van der Waals surface area (Å²) in [6, 6.07) is 8.44. The Kier molecular flexibility index (Phi) is 7.64. The summed E-state index contributed by atoms with van der Waals surface area (Å²) in [4.78, 5) is 43.0. The molecule has 0 aliphatic carbocycles. The number of rotatable bonds is 7. The highest BCUT2D eigenvalue weighted by Crippen LogP contribution is 2.29. The topological polar surface area (TPSA) is 107 Å². The van der Waals surface area contributed by atoms with Gasteiger partial charge in [-0.15, -0.1) is 0 Å². The maximum atomic E-state index is 13.1. The van der Waals surface area contributed by atoms with Gasteiger partial charge >= 0.3 is 5.97 Å². The van der Waals surface area contributed by atoms with Crippen LogP contribution in [0.2, 0.25) is 0 Å². The van der Waals surface area contributed by atoms with Gasteiger partial charge in [-0.3, -0.25) is 9.59 Å². The van der Waals surface area contributed by atoms with Gasteiger partial charge in [0.2, 0.25) is 5.91 Å². The second kappa shape index (κ2) is 10.6. The van der Waals surface area contributed by atoms with Crippen LogP contribution in [-0.2, 0) is 14.3 Å². The summed E-state index contributed by atoms with van der Waals surface area (Å²) in [5.41, 5.74) is 1.29. The second-order valence-electron chi connectivity index (χ2n) is 7.48. The molecule has 2 aromatic rings. The van der Waals surface area contributed by atoms with Gasteiger partial charge in [-0.25, -0.2) is 9.78 Å². The predicted molar refractivity (Wildman–Crippen MR) is 117 cm³/mol. The lowest BCUT2D eigenvalue weighted by molar-refractivity contribution is -0.142. The van der Waals surface area contributed by atoms with E-state index in [0.717, 1.165) is 12.0 Å². The smallest absolute Gasteiger partial charge is 0.343 e. The van der Waals surface area contributed by atoms with Gasteiger partial charge in [0.1, 0.15) is 5.82 Å². The lowest BCUT2D eigenvalue weighted by Crippen LogP contribution is -2.43. The SMILES string of the molecule is COC(=O)COc1ccc(C(=O)N2CCCC(C(=O)Nc3ncccc3C)C2)cc1OC. The van der Waals surface area contributed by atoms with Crippen LogP contribution < -0.4 is 14.8 Å². The first-order valence-electron chi connectivity index (χ1n) is 10.3. The molecule has 0 spiro atoms. The molecule has 1 atom stereocenters. The number of likely N-dealkylation sites (tertiary alicyclic amines) is 1. The van der Waals surface area contributed by atoms with Crippen LogP contribution in [0.15, 0.2) is 36.5 Å². The van der Waals surface area contributed by atoms with E-state index in [-0.39, 0.29) is 24.3 Å². The van der Waals surface area contributed by atoms with E-state index in [2.05, 4.69) is 15.0 Å². The largest absolute Gasteiger partial charge is 0.493 e. The zero-order valence-corrected chi connectivity index (χ0v) is 18.4. The number of nitrogens with zero attached hydrogens (tertiary/aromatic N) is 2. The van der Waals surface area contributed by atoms with Gasteiger partial charge in [0.25, 0.3) is 5.91 Å². The minimum Gasteiger partial charge on any atom is -0.493 e. The van der Waals surface area contributed by atoms with Crippen LogP contribution in [0.3, 0.4) is 0 Å². The zero-order chi connectivity index (χ0) is 23.1. The third-order valence-corrected chi connectivity index (χ3v) is 5.31. The summed E-state index contributed by atoms with van der Waals surface area (Å²) in [6.45, 7) is 2.50. The summed E-state index contributed by atoms with van der Waals surface area (Å²) in [5, 5.41) is 2.87. The quantitative estimate of drug-likeness (QED) is 0.658. The fourth-order valence-electron chi connectivity index (χ4n) is 3.51. The molecule has 1 aromatic heterocycles. The van der Waals surface area contributed by atoms with Crippen molar-refractivity contribution in [3.63, 3.8) is 0 Å². The van der Waals surface area contributed by atoms with Crippen molar-refractivity contribution in [3.05, 3.63) is 47.7 Å². The Morgan fingerprint density at radius 3 is 2.72 bits per heavy atom. The minimum absolute atomic E-state index is 0.145. The molecule has 9 heteroatoms. The van der Waals surface area contributed by atoms with Crippen LogP contribution >= 0.6 is 0 Å². The molecule has 1 aliphatic rings. The molecule has 1 N–H and O–H groups in total. The molecule has 2 amide bonds. The van der Waals surface area contributed by atoms with Crippen molar-refractivity contribution in [1.29, 1.82) is 0 Å². The average Bonchev–Trinajstić information content (AvgIpc) is 2.83. The Balaban J connectivity index is 1.67. The van der Waals surface area contributed by atoms with Crippen LogP contribution in [-0.4, -0.2) is 61.6 Å². The molecule has 1 unspecified atom stereocenters. The standard InChI is InChI=1S/C23H27N3O6/c1-15-6-4-10-24-21(15)25-22(28)17-7-5-11-26(13-17)23(29)16-8-9-18(19(12-16)30-2)32-14-20(27)31-3/h4,6,8-10,12,17H,5,7,11,13-14H2,1-3H3,(H,24,25,28). The van der Waals surface area contributed by atoms with Gasteiger partial charge in [0.15, 0.2) is 18.1 Å². The molecule has 1 fully saturated rings. The number of methoxy groups -OCH3 is 2. The van der Waals surface area contributed by atoms with Crippen molar-refractivity contribution in [2.75, 3.05) is 39.2 Å². The number of amides is 2. The molecule has 9 nitrogen and oxygen atoms in total. The maximum absolute atomic E-state index is 13.1. The number of benzene rings is 1. The van der Waals surface area contributed by atoms with Crippen molar-refractivity contribution in [2.24, 2.45) is 5.92 Å². The van der Waals surface area contributed by atoms with Crippen LogP contribution in [0, 0.1) is 12.8 Å². The normalized spacial score (nSPS) is 15.6. The number of piperidine rings is 1. The summed E-state index contributed by atoms with van der Waals surface area (Å²) >= 11 is 0. The predicted octanol–water partition coefficient (Wildman–Crippen LogP) is 2.44. The Hall–Kier alpha value is -3.62. The highest BCUT2D eigenvalue weighted by Gasteiger charge is 2.29. The van der Waals surface area contributed by atoms with Gasteiger partial charge in [-0.05, 0) is 49.6 Å². The number of esters is 1. The molecule has 0 radical (unpaired) electrons. The number of ether oxygens (including phenoxy) is 3. The summed E-state index contributed by atoms with van der Waals surface area (Å²) < 4.78 is 15.3. The number of hydrogen-bond donors (Lipinski definition) is 1. The minimum atomic E-state index is -0.522. The van der Waals surface area contributed by atoms with E-state index < -0.39 is 5.97 Å². The van der Waals surface area contributed by atoms with Crippen molar-refractivity contribution in [2.45, 2.75) is 19.8 Å². The number of aromatic nitrogens is 1. The Labute approximate surface area is 186 Å². The van der Waals surface area contributed by atoms with Crippen LogP contribution in [0.5, 0.6) is 11.5 Å². The third-order valence-electron chi connectivity index (χ3n) is 5.31. The fourth-order valence-corrected chi connectivity index (χ4v) is 3.51. The lowest BCUT2D eigenvalue weighted by Gasteiger charge is -2.32. The van der Waals surface area contributed by atoms with Gasteiger partial charge in [-0.1, -0.05) is 6.07 Å². The van der Waals surface area contributed by atoms with Crippen LogP contribution in [0.4, 0.5) is 5.82 Å². The molecule has 2 heterocycles. The number of carbonyl (C=O) groups is 3. The molecular formula is C23H27N3O6. The first-order valence-corrected chi connectivity index (χ1v) is 10.3. The molecular weight excluding hydrogens is 414 g/mol. The van der Waals surface area contributed by atoms with E-state index in [9.17, 15) is 14.4 Å². The summed E-state index contributed by atoms with van der Waals surface area (Å²) in [6.07, 6.45) is 3.05. The highest BCUT2D eigenvalue weighted by atomic mass is 16.6. The van der Waals surface area contributed by atoms with E-state index in [0.29, 0.717) is 42.4 Å². The zero-order valence-electron chi connectivity index (χ0n) is 18.4. The van der Waals surface area contributed by atoms with E-state index in [4.69, 9.17) is 9.47 Å². The summed E-state index contributed by atoms with van der Waals surface area (Å²) in [7, 11) is 2.73. The van der Waals surface area contributed by atoms with Crippen molar-refractivity contribution < 1.29 is 28.6 Å².